The molecule has 0 spiro atoms. The first-order chi connectivity index (χ1) is 11.7. The van der Waals surface area contributed by atoms with Crippen molar-refractivity contribution in [3.05, 3.63) is 41.6 Å². The maximum atomic E-state index is 11.6. The van der Waals surface area contributed by atoms with E-state index in [1.165, 1.54) is 6.20 Å². The van der Waals surface area contributed by atoms with Gasteiger partial charge in [-0.2, -0.15) is 4.98 Å². The molecule has 0 radical (unpaired) electrons. The Labute approximate surface area is 148 Å². The van der Waals surface area contributed by atoms with Gasteiger partial charge in [-0.15, -0.1) is 0 Å². The molecule has 2 rings (SSSR count). The fourth-order valence-corrected chi connectivity index (χ4v) is 2.11. The molecule has 0 saturated carbocycles. The summed E-state index contributed by atoms with van der Waals surface area (Å²) in [5, 5.41) is 6.25. The zero-order valence-electron chi connectivity index (χ0n) is 15.1. The number of nitrogens with two attached hydrogens (primary N) is 2. The predicted octanol–water partition coefficient (Wildman–Crippen LogP) is 2.41. The standard InChI is InChI=1S/C18H26N6O/c1-11-6-5-7-12(8-11)23-16-13(15(20)25)9-21-17(24-16)22-10-14(19)18(2,3)4/h5-9,14H,10,19H2,1-4H3,(H2,20,25)(H2,21,22,23,24)/t14-/m1/s1. The lowest BCUT2D eigenvalue weighted by Gasteiger charge is -2.27. The Morgan fingerprint density at radius 3 is 2.64 bits per heavy atom. The van der Waals surface area contributed by atoms with Crippen molar-refractivity contribution < 1.29 is 4.79 Å². The summed E-state index contributed by atoms with van der Waals surface area (Å²) in [6.07, 6.45) is 1.42. The van der Waals surface area contributed by atoms with Gasteiger partial charge in [0, 0.05) is 24.5 Å². The molecule has 0 aliphatic rings. The van der Waals surface area contributed by atoms with E-state index < -0.39 is 5.91 Å². The van der Waals surface area contributed by atoms with Crippen molar-refractivity contribution >= 4 is 23.4 Å². The third-order valence-corrected chi connectivity index (χ3v) is 3.93. The van der Waals surface area contributed by atoms with Crippen molar-refractivity contribution in [2.45, 2.75) is 33.7 Å². The fourth-order valence-electron chi connectivity index (χ4n) is 2.11. The Morgan fingerprint density at radius 2 is 2.04 bits per heavy atom. The molecular weight excluding hydrogens is 316 g/mol. The molecule has 1 aromatic heterocycles. The van der Waals surface area contributed by atoms with Crippen LogP contribution in [0.1, 0.15) is 36.7 Å². The number of hydrogen-bond acceptors (Lipinski definition) is 6. The maximum absolute atomic E-state index is 11.6. The number of primary amides is 1. The molecule has 6 N–H and O–H groups in total. The molecule has 1 atom stereocenters. The molecule has 0 bridgehead atoms. The van der Waals surface area contributed by atoms with E-state index in [-0.39, 0.29) is 17.0 Å². The third-order valence-electron chi connectivity index (χ3n) is 3.93. The number of aryl methyl sites for hydroxylation is 1. The van der Waals surface area contributed by atoms with Crippen LogP contribution in [0.25, 0.3) is 0 Å². The largest absolute Gasteiger partial charge is 0.365 e. The number of nitrogens with zero attached hydrogens (tertiary/aromatic N) is 2. The molecule has 1 amide bonds. The lowest BCUT2D eigenvalue weighted by Crippen LogP contribution is -2.41. The van der Waals surface area contributed by atoms with E-state index in [1.54, 1.807) is 0 Å². The molecule has 1 aromatic carbocycles. The average molecular weight is 342 g/mol. The summed E-state index contributed by atoms with van der Waals surface area (Å²) in [6.45, 7) is 8.72. The summed E-state index contributed by atoms with van der Waals surface area (Å²) in [6, 6.07) is 7.68. The molecule has 134 valence electrons. The number of anilines is 3. The molecule has 0 aliphatic carbocycles. The molecule has 1 heterocycles. The van der Waals surface area contributed by atoms with Crippen LogP contribution in [0.3, 0.4) is 0 Å². The molecule has 0 fully saturated rings. The van der Waals surface area contributed by atoms with Crippen LogP contribution in [0.2, 0.25) is 0 Å². The molecule has 7 nitrogen and oxygen atoms in total. The van der Waals surface area contributed by atoms with Gasteiger partial charge in [-0.1, -0.05) is 32.9 Å². The van der Waals surface area contributed by atoms with E-state index in [2.05, 4.69) is 41.4 Å². The van der Waals surface area contributed by atoms with Crippen LogP contribution in [0, 0.1) is 12.3 Å². The van der Waals surface area contributed by atoms with Gasteiger partial charge in [0.25, 0.3) is 5.91 Å². The Balaban J connectivity index is 2.23. The smallest absolute Gasteiger partial charge is 0.254 e. The van der Waals surface area contributed by atoms with Gasteiger partial charge in [-0.3, -0.25) is 4.79 Å². The molecular formula is C18H26N6O. The monoisotopic (exact) mass is 342 g/mol. The molecule has 25 heavy (non-hydrogen) atoms. The number of rotatable bonds is 6. The van der Waals surface area contributed by atoms with Crippen LogP contribution in [0.15, 0.2) is 30.5 Å². The van der Waals surface area contributed by atoms with Gasteiger partial charge >= 0.3 is 0 Å². The highest BCUT2D eigenvalue weighted by molar-refractivity contribution is 5.98. The average Bonchev–Trinajstić information content (AvgIpc) is 2.51. The number of hydrogen-bond donors (Lipinski definition) is 4. The second-order valence-corrected chi connectivity index (χ2v) is 7.17. The molecule has 0 unspecified atom stereocenters. The Morgan fingerprint density at radius 1 is 1.32 bits per heavy atom. The van der Waals surface area contributed by atoms with Crippen molar-refractivity contribution in [2.24, 2.45) is 16.9 Å². The van der Waals surface area contributed by atoms with E-state index in [0.29, 0.717) is 18.3 Å². The van der Waals surface area contributed by atoms with Gasteiger partial charge in [-0.05, 0) is 30.0 Å². The first-order valence-corrected chi connectivity index (χ1v) is 8.17. The van der Waals surface area contributed by atoms with Crippen LogP contribution in [-0.4, -0.2) is 28.5 Å². The van der Waals surface area contributed by atoms with E-state index in [1.807, 2.05) is 31.2 Å². The number of amides is 1. The van der Waals surface area contributed by atoms with Crippen LogP contribution >= 0.6 is 0 Å². The second-order valence-electron chi connectivity index (χ2n) is 7.17. The zero-order valence-corrected chi connectivity index (χ0v) is 15.1. The minimum absolute atomic E-state index is 0.0389. The minimum atomic E-state index is -0.590. The topological polar surface area (TPSA) is 119 Å². The maximum Gasteiger partial charge on any atom is 0.254 e. The van der Waals surface area contributed by atoms with Crippen LogP contribution < -0.4 is 22.1 Å². The summed E-state index contributed by atoms with van der Waals surface area (Å²) in [4.78, 5) is 20.2. The lowest BCUT2D eigenvalue weighted by atomic mass is 9.87. The molecule has 7 heteroatoms. The quantitative estimate of drug-likeness (QED) is 0.640. The Bertz CT molecular complexity index is 753. The van der Waals surface area contributed by atoms with E-state index >= 15 is 0 Å². The highest BCUT2D eigenvalue weighted by atomic mass is 16.1. The van der Waals surface area contributed by atoms with Crippen molar-refractivity contribution in [2.75, 3.05) is 17.2 Å². The minimum Gasteiger partial charge on any atom is -0.365 e. The number of nitrogens with one attached hydrogen (secondary N) is 2. The summed E-state index contributed by atoms with van der Waals surface area (Å²) in [7, 11) is 0. The zero-order chi connectivity index (χ0) is 18.6. The predicted molar refractivity (Wildman–Crippen MR) is 101 cm³/mol. The van der Waals surface area contributed by atoms with Crippen molar-refractivity contribution in [3.8, 4) is 0 Å². The SMILES string of the molecule is Cc1cccc(Nc2nc(NC[C@@H](N)C(C)(C)C)ncc2C(N)=O)c1. The number of carbonyl (C=O) groups excluding carboxylic acids is 1. The molecule has 2 aromatic rings. The van der Waals surface area contributed by atoms with Gasteiger partial charge in [0.15, 0.2) is 0 Å². The Hall–Kier alpha value is -2.67. The van der Waals surface area contributed by atoms with Crippen LogP contribution in [0.4, 0.5) is 17.5 Å². The van der Waals surface area contributed by atoms with E-state index in [0.717, 1.165) is 11.3 Å². The van der Waals surface area contributed by atoms with Gasteiger partial charge in [-0.25, -0.2) is 4.98 Å². The summed E-state index contributed by atoms with van der Waals surface area (Å²) >= 11 is 0. The van der Waals surface area contributed by atoms with E-state index in [4.69, 9.17) is 11.5 Å². The van der Waals surface area contributed by atoms with Gasteiger partial charge in [0.1, 0.15) is 11.4 Å². The normalized spacial score (nSPS) is 12.5. The summed E-state index contributed by atoms with van der Waals surface area (Å²) < 4.78 is 0. The molecule has 0 aliphatic heterocycles. The highest BCUT2D eigenvalue weighted by Gasteiger charge is 2.21. The van der Waals surface area contributed by atoms with Gasteiger partial charge < -0.3 is 22.1 Å². The van der Waals surface area contributed by atoms with Gasteiger partial charge in [0.05, 0.1) is 0 Å². The van der Waals surface area contributed by atoms with Gasteiger partial charge in [0.2, 0.25) is 5.95 Å². The van der Waals surface area contributed by atoms with Crippen LogP contribution in [-0.2, 0) is 0 Å². The number of benzene rings is 1. The summed E-state index contributed by atoms with van der Waals surface area (Å²) in [5.41, 5.74) is 13.7. The number of carbonyl (C=O) groups is 1. The first kappa shape index (κ1) is 18.7. The highest BCUT2D eigenvalue weighted by Crippen LogP contribution is 2.21. The number of aromatic nitrogens is 2. The first-order valence-electron chi connectivity index (χ1n) is 8.17. The third kappa shape index (κ3) is 5.15. The molecule has 0 saturated heterocycles. The second kappa shape index (κ2) is 7.48. The van der Waals surface area contributed by atoms with Crippen LogP contribution in [0.5, 0.6) is 0 Å². The Kier molecular flexibility index (Phi) is 5.58. The van der Waals surface area contributed by atoms with Crippen molar-refractivity contribution in [1.82, 2.24) is 9.97 Å². The van der Waals surface area contributed by atoms with E-state index in [9.17, 15) is 4.79 Å². The van der Waals surface area contributed by atoms with Crippen molar-refractivity contribution in [1.29, 1.82) is 0 Å². The van der Waals surface area contributed by atoms with Crippen molar-refractivity contribution in [3.63, 3.8) is 0 Å². The fraction of sp³-hybridized carbons (Fsp3) is 0.389. The lowest BCUT2D eigenvalue weighted by molar-refractivity contribution is 0.100. The summed E-state index contributed by atoms with van der Waals surface area (Å²) in [5.74, 6) is 0.160.